The van der Waals surface area contributed by atoms with Crippen molar-refractivity contribution in [3.05, 3.63) is 23.8 Å². The molecule has 4 heterocycles. The van der Waals surface area contributed by atoms with Gasteiger partial charge in [0.25, 0.3) is 0 Å². The lowest BCUT2D eigenvalue weighted by Crippen LogP contribution is -2.47. The van der Waals surface area contributed by atoms with E-state index in [9.17, 15) is 14.4 Å². The topological polar surface area (TPSA) is 83.5 Å². The summed E-state index contributed by atoms with van der Waals surface area (Å²) in [5.74, 6) is -0.636. The van der Waals surface area contributed by atoms with Crippen molar-refractivity contribution >= 4 is 17.7 Å². The van der Waals surface area contributed by atoms with Gasteiger partial charge < -0.3 is 4.90 Å². The first-order valence-corrected chi connectivity index (χ1v) is 7.58. The molecule has 7 nitrogen and oxygen atoms in total. The van der Waals surface area contributed by atoms with Crippen LogP contribution >= 0.6 is 0 Å². The van der Waals surface area contributed by atoms with E-state index in [0.29, 0.717) is 0 Å². The summed E-state index contributed by atoms with van der Waals surface area (Å²) < 4.78 is 0. The fourth-order valence-electron chi connectivity index (χ4n) is 3.82. The van der Waals surface area contributed by atoms with Crippen LogP contribution in [0.4, 0.5) is 0 Å². The van der Waals surface area contributed by atoms with Crippen LogP contribution in [-0.2, 0) is 20.8 Å². The van der Waals surface area contributed by atoms with Crippen LogP contribution in [0.3, 0.4) is 0 Å². The summed E-state index contributed by atoms with van der Waals surface area (Å²) in [5.41, 5.74) is 2.02. The largest absolute Gasteiger partial charge is 0.331 e. The van der Waals surface area contributed by atoms with Crippen molar-refractivity contribution in [2.45, 2.75) is 44.2 Å². The number of rotatable bonds is 2. The lowest BCUT2D eigenvalue weighted by Gasteiger charge is -2.36. The Morgan fingerprint density at radius 1 is 1.23 bits per heavy atom. The lowest BCUT2D eigenvalue weighted by atomic mass is 9.99. The normalized spacial score (nSPS) is 26.5. The zero-order chi connectivity index (χ0) is 15.3. The maximum atomic E-state index is 12.7. The number of nitrogens with zero attached hydrogens (tertiary/aromatic N) is 4. The highest BCUT2D eigenvalue weighted by molar-refractivity contribution is 6.04. The van der Waals surface area contributed by atoms with Gasteiger partial charge in [-0.2, -0.15) is 0 Å². The molecule has 2 fully saturated rings. The highest BCUT2D eigenvalue weighted by Gasteiger charge is 2.44. The van der Waals surface area contributed by atoms with Gasteiger partial charge >= 0.3 is 0 Å². The van der Waals surface area contributed by atoms with Crippen molar-refractivity contribution in [1.82, 2.24) is 19.8 Å². The number of hydrogen-bond donors (Lipinski definition) is 0. The highest BCUT2D eigenvalue weighted by atomic mass is 16.2. The number of aromatic nitrogens is 2. The van der Waals surface area contributed by atoms with Crippen LogP contribution < -0.4 is 0 Å². The first kappa shape index (κ1) is 13.4. The summed E-state index contributed by atoms with van der Waals surface area (Å²) in [6, 6.07) is 0.1000. The van der Waals surface area contributed by atoms with E-state index in [1.165, 1.54) is 6.33 Å². The van der Waals surface area contributed by atoms with Gasteiger partial charge in [-0.3, -0.25) is 19.3 Å². The third kappa shape index (κ3) is 1.92. The van der Waals surface area contributed by atoms with Crippen LogP contribution in [0.5, 0.6) is 0 Å². The molecule has 4 rings (SSSR count). The molecule has 0 aromatic carbocycles. The Kier molecular flexibility index (Phi) is 2.95. The molecule has 0 saturated carbocycles. The van der Waals surface area contributed by atoms with Crippen molar-refractivity contribution in [2.24, 2.45) is 0 Å². The second kappa shape index (κ2) is 4.86. The number of carbonyl (C=O) groups excluding carboxylic acids is 3. The Bertz CT molecular complexity index is 659. The molecule has 1 aromatic heterocycles. The monoisotopic (exact) mass is 300 g/mol. The maximum absolute atomic E-state index is 12.7. The minimum absolute atomic E-state index is 0.0183. The van der Waals surface area contributed by atoms with Gasteiger partial charge in [0.15, 0.2) is 0 Å². The Morgan fingerprint density at radius 2 is 2.00 bits per heavy atom. The number of carbonyl (C=O) groups is 3. The molecule has 7 heteroatoms. The third-order valence-electron chi connectivity index (χ3n) is 4.85. The molecule has 0 spiro atoms. The van der Waals surface area contributed by atoms with Gasteiger partial charge in [-0.15, -0.1) is 0 Å². The molecule has 2 unspecified atom stereocenters. The fraction of sp³-hybridized carbons (Fsp3) is 0.533. The molecule has 0 aliphatic carbocycles. The van der Waals surface area contributed by atoms with Crippen molar-refractivity contribution < 1.29 is 14.4 Å². The SMILES string of the molecule is O=C1CCC(=O)N1CC(=O)N1C2CCC1c1cncnc1C2. The standard InChI is InChI=1S/C15H16N4O3/c20-13-3-4-14(21)18(13)7-15(22)19-9-1-2-12(19)10-6-16-8-17-11(10)5-9/h6,8-9,12H,1-5,7H2. The third-order valence-corrected chi connectivity index (χ3v) is 4.85. The average Bonchev–Trinajstić information content (AvgIpc) is 3.00. The second-order valence-electron chi connectivity index (χ2n) is 6.05. The van der Waals surface area contributed by atoms with E-state index in [1.54, 1.807) is 6.20 Å². The van der Waals surface area contributed by atoms with Crippen molar-refractivity contribution in [1.29, 1.82) is 0 Å². The maximum Gasteiger partial charge on any atom is 0.243 e. The van der Waals surface area contributed by atoms with Crippen LogP contribution in [0.15, 0.2) is 12.5 Å². The van der Waals surface area contributed by atoms with E-state index in [-0.39, 0.29) is 49.2 Å². The van der Waals surface area contributed by atoms with E-state index in [4.69, 9.17) is 0 Å². The first-order chi connectivity index (χ1) is 10.6. The van der Waals surface area contributed by atoms with Crippen LogP contribution in [0.2, 0.25) is 0 Å². The lowest BCUT2D eigenvalue weighted by molar-refractivity contribution is -0.147. The summed E-state index contributed by atoms with van der Waals surface area (Å²) >= 11 is 0. The number of hydrogen-bond acceptors (Lipinski definition) is 5. The minimum atomic E-state index is -0.244. The molecular formula is C15H16N4O3. The number of fused-ring (bicyclic) bond motifs is 4. The first-order valence-electron chi connectivity index (χ1n) is 7.58. The van der Waals surface area contributed by atoms with Crippen LogP contribution in [0, 0.1) is 0 Å². The Hall–Kier alpha value is -2.31. The van der Waals surface area contributed by atoms with E-state index < -0.39 is 0 Å². The Labute approximate surface area is 127 Å². The number of likely N-dealkylation sites (tertiary alicyclic amines) is 1. The molecule has 2 saturated heterocycles. The smallest absolute Gasteiger partial charge is 0.243 e. The van der Waals surface area contributed by atoms with Crippen LogP contribution in [-0.4, -0.2) is 50.1 Å². The van der Waals surface area contributed by atoms with Gasteiger partial charge in [0.2, 0.25) is 17.7 Å². The minimum Gasteiger partial charge on any atom is -0.331 e. The molecule has 2 atom stereocenters. The second-order valence-corrected chi connectivity index (χ2v) is 6.05. The van der Waals surface area contributed by atoms with Gasteiger partial charge in [-0.25, -0.2) is 9.97 Å². The molecule has 2 bridgehead atoms. The van der Waals surface area contributed by atoms with E-state index in [1.807, 2.05) is 4.90 Å². The predicted molar refractivity (Wildman–Crippen MR) is 74.3 cm³/mol. The highest BCUT2D eigenvalue weighted by Crippen LogP contribution is 2.42. The Morgan fingerprint density at radius 3 is 2.77 bits per heavy atom. The summed E-state index contributed by atoms with van der Waals surface area (Å²) in [5, 5.41) is 0. The fourth-order valence-corrected chi connectivity index (χ4v) is 3.82. The number of amides is 3. The van der Waals surface area contributed by atoms with Gasteiger partial charge in [-0.05, 0) is 12.8 Å². The molecule has 114 valence electrons. The average molecular weight is 300 g/mol. The van der Waals surface area contributed by atoms with Gasteiger partial charge in [0, 0.05) is 37.1 Å². The summed E-state index contributed by atoms with van der Waals surface area (Å²) in [6.45, 7) is -0.131. The Balaban J connectivity index is 1.57. The quantitative estimate of drug-likeness (QED) is 0.729. The predicted octanol–water partition coefficient (Wildman–Crippen LogP) is 0.214. The molecule has 1 aromatic rings. The van der Waals surface area contributed by atoms with Crippen LogP contribution in [0.1, 0.15) is 43.0 Å². The molecule has 3 aliphatic rings. The molecule has 22 heavy (non-hydrogen) atoms. The van der Waals surface area contributed by atoms with E-state index in [2.05, 4.69) is 9.97 Å². The summed E-state index contributed by atoms with van der Waals surface area (Å²) in [6.07, 6.45) is 6.29. The van der Waals surface area contributed by atoms with Gasteiger partial charge in [-0.1, -0.05) is 0 Å². The van der Waals surface area contributed by atoms with Crippen LogP contribution in [0.25, 0.3) is 0 Å². The molecule has 0 radical (unpaired) electrons. The van der Waals surface area contributed by atoms with Gasteiger partial charge in [0.05, 0.1) is 11.7 Å². The zero-order valence-electron chi connectivity index (χ0n) is 12.1. The van der Waals surface area contributed by atoms with Gasteiger partial charge in [0.1, 0.15) is 12.9 Å². The van der Waals surface area contributed by atoms with Crippen molar-refractivity contribution in [3.63, 3.8) is 0 Å². The van der Waals surface area contributed by atoms with E-state index in [0.717, 1.165) is 35.4 Å². The molecule has 0 N–H and O–H groups in total. The molecule has 3 aliphatic heterocycles. The van der Waals surface area contributed by atoms with Crippen molar-refractivity contribution in [3.8, 4) is 0 Å². The number of imide groups is 1. The molecular weight excluding hydrogens is 284 g/mol. The van der Waals surface area contributed by atoms with E-state index >= 15 is 0 Å². The summed E-state index contributed by atoms with van der Waals surface area (Å²) in [7, 11) is 0. The zero-order valence-corrected chi connectivity index (χ0v) is 12.1. The summed E-state index contributed by atoms with van der Waals surface area (Å²) in [4.78, 5) is 47.4. The molecule has 3 amide bonds. The van der Waals surface area contributed by atoms with Crippen molar-refractivity contribution in [2.75, 3.05) is 6.54 Å².